The Hall–Kier alpha value is -4.15. The first-order valence-corrected chi connectivity index (χ1v) is 13.9. The quantitative estimate of drug-likeness (QED) is 0.325. The number of carbonyl (C=O) groups is 1. The van der Waals surface area contributed by atoms with Gasteiger partial charge in [0.15, 0.2) is 4.80 Å². The smallest absolute Gasteiger partial charge is 0.271 e. The fraction of sp³-hybridized carbons (Fsp3) is 0.167. The third kappa shape index (κ3) is 5.20. The number of fused-ring (bicyclic) bond motifs is 1. The van der Waals surface area contributed by atoms with Gasteiger partial charge >= 0.3 is 0 Å². The summed E-state index contributed by atoms with van der Waals surface area (Å²) < 4.78 is 19.0. The van der Waals surface area contributed by atoms with E-state index in [1.165, 1.54) is 11.3 Å². The molecule has 1 N–H and O–H groups in total. The summed E-state index contributed by atoms with van der Waals surface area (Å²) in [6, 6.07) is 19.4. The minimum absolute atomic E-state index is 0.268. The van der Waals surface area contributed by atoms with E-state index in [9.17, 15) is 9.59 Å². The van der Waals surface area contributed by atoms with Crippen molar-refractivity contribution in [1.29, 1.82) is 0 Å². The molecule has 1 atom stereocenters. The Labute approximate surface area is 243 Å². The van der Waals surface area contributed by atoms with E-state index < -0.39 is 6.04 Å². The number of ether oxygens (including phenoxy) is 3. The van der Waals surface area contributed by atoms with Crippen LogP contribution in [0.4, 0.5) is 5.69 Å². The number of hydrogen-bond acceptors (Lipinski definition) is 7. The monoisotopic (exact) mass is 619 g/mol. The Morgan fingerprint density at radius 2 is 1.70 bits per heavy atom. The van der Waals surface area contributed by atoms with E-state index in [-0.39, 0.29) is 11.5 Å². The van der Waals surface area contributed by atoms with Gasteiger partial charge in [0, 0.05) is 17.3 Å². The molecule has 1 aliphatic heterocycles. The summed E-state index contributed by atoms with van der Waals surface area (Å²) in [7, 11) is 4.73. The van der Waals surface area contributed by atoms with Gasteiger partial charge < -0.3 is 19.5 Å². The third-order valence-electron chi connectivity index (χ3n) is 6.52. The maximum Gasteiger partial charge on any atom is 0.271 e. The highest BCUT2D eigenvalue weighted by atomic mass is 79.9. The second-order valence-electron chi connectivity index (χ2n) is 8.90. The number of thiazole rings is 1. The molecular weight excluding hydrogens is 594 g/mol. The first-order chi connectivity index (χ1) is 19.3. The summed E-state index contributed by atoms with van der Waals surface area (Å²) in [4.78, 5) is 32.9. The van der Waals surface area contributed by atoms with Crippen LogP contribution in [0.2, 0.25) is 0 Å². The molecule has 0 fully saturated rings. The Kier molecular flexibility index (Phi) is 7.90. The third-order valence-corrected chi connectivity index (χ3v) is 8.12. The number of rotatable bonds is 7. The van der Waals surface area contributed by atoms with Gasteiger partial charge in [-0.05, 0) is 64.8 Å². The molecule has 5 rings (SSSR count). The molecule has 0 saturated heterocycles. The van der Waals surface area contributed by atoms with E-state index in [2.05, 4.69) is 21.2 Å². The van der Waals surface area contributed by atoms with Gasteiger partial charge in [0.1, 0.15) is 17.2 Å². The number of benzene rings is 3. The van der Waals surface area contributed by atoms with Crippen molar-refractivity contribution in [2.75, 3.05) is 26.6 Å². The normalized spacial score (nSPS) is 14.8. The van der Waals surface area contributed by atoms with Crippen LogP contribution >= 0.6 is 27.3 Å². The number of amides is 1. The highest BCUT2D eigenvalue weighted by molar-refractivity contribution is 9.10. The molecule has 2 heterocycles. The molecule has 0 aliphatic carbocycles. The van der Waals surface area contributed by atoms with E-state index >= 15 is 0 Å². The van der Waals surface area contributed by atoms with Crippen LogP contribution in [0, 0.1) is 0 Å². The molecule has 10 heteroatoms. The highest BCUT2D eigenvalue weighted by Crippen LogP contribution is 2.34. The zero-order chi connectivity index (χ0) is 28.4. The average Bonchev–Trinajstić information content (AvgIpc) is 3.26. The Balaban J connectivity index is 1.69. The molecule has 0 saturated carbocycles. The fourth-order valence-corrected chi connectivity index (χ4v) is 6.13. The van der Waals surface area contributed by atoms with E-state index in [0.29, 0.717) is 49.1 Å². The largest absolute Gasteiger partial charge is 0.497 e. The van der Waals surface area contributed by atoms with Crippen LogP contribution in [0.5, 0.6) is 17.2 Å². The van der Waals surface area contributed by atoms with Gasteiger partial charge in [0.05, 0.1) is 47.6 Å². The highest BCUT2D eigenvalue weighted by Gasteiger charge is 2.32. The minimum atomic E-state index is -0.697. The van der Waals surface area contributed by atoms with Gasteiger partial charge in [-0.1, -0.05) is 41.7 Å². The second-order valence-corrected chi connectivity index (χ2v) is 10.8. The van der Waals surface area contributed by atoms with E-state index in [0.717, 1.165) is 10.0 Å². The second kappa shape index (κ2) is 11.5. The molecule has 1 amide bonds. The lowest BCUT2D eigenvalue weighted by molar-refractivity contribution is -0.113. The average molecular weight is 621 g/mol. The molecule has 0 bridgehead atoms. The summed E-state index contributed by atoms with van der Waals surface area (Å²) in [5.74, 6) is 1.50. The molecular formula is C30H26BrN3O5S. The first-order valence-electron chi connectivity index (χ1n) is 12.3. The Morgan fingerprint density at radius 1 is 1.00 bits per heavy atom. The number of methoxy groups -OCH3 is 3. The van der Waals surface area contributed by atoms with Crippen LogP contribution in [-0.2, 0) is 4.79 Å². The summed E-state index contributed by atoms with van der Waals surface area (Å²) in [6.07, 6.45) is 1.76. The van der Waals surface area contributed by atoms with Gasteiger partial charge in [-0.3, -0.25) is 14.2 Å². The molecule has 40 heavy (non-hydrogen) atoms. The van der Waals surface area contributed by atoms with Gasteiger partial charge in [-0.2, -0.15) is 0 Å². The van der Waals surface area contributed by atoms with Crippen LogP contribution in [0.3, 0.4) is 0 Å². The zero-order valence-corrected chi connectivity index (χ0v) is 24.6. The Morgan fingerprint density at radius 3 is 2.35 bits per heavy atom. The molecule has 204 valence electrons. The number of anilines is 1. The van der Waals surface area contributed by atoms with Crippen molar-refractivity contribution in [3.63, 3.8) is 0 Å². The molecule has 0 radical (unpaired) electrons. The predicted molar refractivity (Wildman–Crippen MR) is 159 cm³/mol. The number of allylic oxidation sites excluding steroid dienone is 1. The summed E-state index contributed by atoms with van der Waals surface area (Å²) in [5, 5.41) is 2.96. The number of aromatic nitrogens is 1. The maximum absolute atomic E-state index is 14.0. The molecule has 1 aliphatic rings. The minimum Gasteiger partial charge on any atom is -0.497 e. The lowest BCUT2D eigenvalue weighted by Gasteiger charge is -2.25. The van der Waals surface area contributed by atoms with Crippen molar-refractivity contribution >= 4 is 44.9 Å². The molecule has 1 aromatic heterocycles. The molecule has 8 nitrogen and oxygen atoms in total. The summed E-state index contributed by atoms with van der Waals surface area (Å²) >= 11 is 4.76. The van der Waals surface area contributed by atoms with Crippen LogP contribution < -0.4 is 34.4 Å². The van der Waals surface area contributed by atoms with Crippen LogP contribution in [0.1, 0.15) is 24.1 Å². The van der Waals surface area contributed by atoms with E-state index in [4.69, 9.17) is 19.2 Å². The molecule has 3 aromatic carbocycles. The van der Waals surface area contributed by atoms with Crippen LogP contribution in [-0.4, -0.2) is 31.8 Å². The van der Waals surface area contributed by atoms with Crippen LogP contribution in [0.15, 0.2) is 92.3 Å². The molecule has 0 unspecified atom stereocenters. The number of nitrogens with one attached hydrogen (secondary N) is 1. The van der Waals surface area contributed by atoms with E-state index in [1.54, 1.807) is 45.0 Å². The number of halogens is 1. The number of nitrogens with zero attached hydrogens (tertiary/aromatic N) is 2. The zero-order valence-electron chi connectivity index (χ0n) is 22.2. The molecule has 4 aromatic rings. The van der Waals surface area contributed by atoms with Gasteiger partial charge in [0.25, 0.3) is 11.5 Å². The number of carbonyl (C=O) groups excluding carboxylic acids is 1. The van der Waals surface area contributed by atoms with E-state index in [1.807, 2.05) is 60.7 Å². The Bertz CT molecular complexity index is 1790. The van der Waals surface area contributed by atoms with Crippen molar-refractivity contribution in [3.8, 4) is 17.2 Å². The van der Waals surface area contributed by atoms with Crippen molar-refractivity contribution in [1.82, 2.24) is 4.57 Å². The summed E-state index contributed by atoms with van der Waals surface area (Å²) in [5.41, 5.74) is 2.75. The van der Waals surface area contributed by atoms with Crippen molar-refractivity contribution in [2.45, 2.75) is 13.0 Å². The van der Waals surface area contributed by atoms with Crippen molar-refractivity contribution < 1.29 is 19.0 Å². The SMILES string of the molecule is COc1ccc([C@H]2C(C(=O)Nc3ccccc3)=C(C)N=c3s/c(=C/c4cc(Br)c(OC)cc4OC)c(=O)n32)cc1. The fourth-order valence-electron chi connectivity index (χ4n) is 4.57. The van der Waals surface area contributed by atoms with Crippen molar-refractivity contribution in [2.24, 2.45) is 4.99 Å². The lowest BCUT2D eigenvalue weighted by Crippen LogP contribution is -2.40. The number of hydrogen-bond donors (Lipinski definition) is 1. The van der Waals surface area contributed by atoms with Gasteiger partial charge in [-0.25, -0.2) is 4.99 Å². The maximum atomic E-state index is 14.0. The summed E-state index contributed by atoms with van der Waals surface area (Å²) in [6.45, 7) is 1.79. The van der Waals surface area contributed by atoms with Gasteiger partial charge in [-0.15, -0.1) is 0 Å². The first kappa shape index (κ1) is 27.4. The number of para-hydroxylation sites is 1. The topological polar surface area (TPSA) is 91.2 Å². The van der Waals surface area contributed by atoms with Crippen LogP contribution in [0.25, 0.3) is 6.08 Å². The molecule has 0 spiro atoms. The predicted octanol–water partition coefficient (Wildman–Crippen LogP) is 4.66. The van der Waals surface area contributed by atoms with Crippen molar-refractivity contribution in [3.05, 3.63) is 113 Å². The standard InChI is InChI=1S/C30H26BrN3O5S/c1-17-26(28(35)33-20-8-6-5-7-9-20)27(18-10-12-21(37-2)13-11-18)34-29(36)25(40-30(34)32-17)15-19-14-22(31)24(39-4)16-23(19)38-3/h5-16,27H,1-4H3,(H,33,35)/b25-15+/t27-/m0/s1. The lowest BCUT2D eigenvalue weighted by atomic mass is 9.95. The van der Waals surface area contributed by atoms with Gasteiger partial charge in [0.2, 0.25) is 0 Å².